The van der Waals surface area contributed by atoms with Crippen molar-refractivity contribution in [3.63, 3.8) is 0 Å². The molecule has 0 saturated carbocycles. The first-order valence-corrected chi connectivity index (χ1v) is 9.05. The van der Waals surface area contributed by atoms with Gasteiger partial charge in [0.2, 0.25) is 0 Å². The molecule has 0 spiro atoms. The van der Waals surface area contributed by atoms with E-state index in [0.717, 1.165) is 19.0 Å². The third kappa shape index (κ3) is 5.75. The van der Waals surface area contributed by atoms with Crippen molar-refractivity contribution in [3.8, 4) is 0 Å². The van der Waals surface area contributed by atoms with Gasteiger partial charge in [0, 0.05) is 32.9 Å². The predicted octanol–water partition coefficient (Wildman–Crippen LogP) is 1.74. The quantitative estimate of drug-likeness (QED) is 0.421. The SMILES string of the molecule is CCC1(CC)CCN(C(=NC)NCCS(C)(=O)=O)C1.I. The summed E-state index contributed by atoms with van der Waals surface area (Å²) in [6.07, 6.45) is 4.81. The van der Waals surface area contributed by atoms with Crippen LogP contribution in [0.1, 0.15) is 33.1 Å². The van der Waals surface area contributed by atoms with E-state index in [2.05, 4.69) is 29.1 Å². The topological polar surface area (TPSA) is 61.8 Å². The average Bonchev–Trinajstić information content (AvgIpc) is 2.78. The zero-order chi connectivity index (χ0) is 14.5. The minimum absolute atomic E-state index is 0. The van der Waals surface area contributed by atoms with E-state index in [4.69, 9.17) is 0 Å². The van der Waals surface area contributed by atoms with Gasteiger partial charge in [0.05, 0.1) is 5.75 Å². The van der Waals surface area contributed by atoms with Crippen LogP contribution in [0, 0.1) is 5.41 Å². The summed E-state index contributed by atoms with van der Waals surface area (Å²) in [6.45, 7) is 6.92. The zero-order valence-electron chi connectivity index (χ0n) is 13.0. The Balaban J connectivity index is 0.00000361. The Morgan fingerprint density at radius 3 is 2.35 bits per heavy atom. The van der Waals surface area contributed by atoms with Gasteiger partial charge >= 0.3 is 0 Å². The number of nitrogens with one attached hydrogen (secondary N) is 1. The van der Waals surface area contributed by atoms with Crippen molar-refractivity contribution in [3.05, 3.63) is 0 Å². The van der Waals surface area contributed by atoms with Crippen LogP contribution in [0.25, 0.3) is 0 Å². The van der Waals surface area contributed by atoms with Crippen molar-refractivity contribution in [1.29, 1.82) is 0 Å². The highest BCUT2D eigenvalue weighted by Gasteiger charge is 2.36. The average molecular weight is 417 g/mol. The Morgan fingerprint density at radius 1 is 1.35 bits per heavy atom. The smallest absolute Gasteiger partial charge is 0.193 e. The third-order valence-corrected chi connectivity index (χ3v) is 5.15. The van der Waals surface area contributed by atoms with Crippen molar-refractivity contribution >= 4 is 39.8 Å². The van der Waals surface area contributed by atoms with E-state index in [0.29, 0.717) is 12.0 Å². The first kappa shape index (κ1) is 19.9. The monoisotopic (exact) mass is 417 g/mol. The van der Waals surface area contributed by atoms with Crippen LogP contribution in [0.2, 0.25) is 0 Å². The second kappa shape index (κ2) is 8.41. The molecule has 0 unspecified atom stereocenters. The fourth-order valence-corrected chi connectivity index (χ4v) is 3.10. The molecule has 0 radical (unpaired) electrons. The van der Waals surface area contributed by atoms with Crippen molar-refractivity contribution in [2.75, 3.05) is 38.7 Å². The van der Waals surface area contributed by atoms with Gasteiger partial charge in [0.1, 0.15) is 9.84 Å². The lowest BCUT2D eigenvalue weighted by atomic mass is 9.82. The van der Waals surface area contributed by atoms with Crippen LogP contribution in [-0.2, 0) is 9.84 Å². The van der Waals surface area contributed by atoms with Crippen molar-refractivity contribution in [2.24, 2.45) is 10.4 Å². The minimum Gasteiger partial charge on any atom is -0.355 e. The molecule has 0 aromatic rings. The molecule has 0 aromatic heterocycles. The van der Waals surface area contributed by atoms with Gasteiger partial charge < -0.3 is 10.2 Å². The third-order valence-electron chi connectivity index (χ3n) is 4.21. The van der Waals surface area contributed by atoms with Crippen molar-refractivity contribution in [1.82, 2.24) is 10.2 Å². The molecule has 0 amide bonds. The molecule has 1 heterocycles. The number of aliphatic imine (C=N–C) groups is 1. The number of sulfone groups is 1. The minimum atomic E-state index is -2.92. The van der Waals surface area contributed by atoms with E-state index in [-0.39, 0.29) is 29.7 Å². The lowest BCUT2D eigenvalue weighted by molar-refractivity contribution is 0.276. The van der Waals surface area contributed by atoms with Crippen LogP contribution < -0.4 is 5.32 Å². The van der Waals surface area contributed by atoms with Crippen LogP contribution in [0.15, 0.2) is 4.99 Å². The van der Waals surface area contributed by atoms with Crippen molar-refractivity contribution in [2.45, 2.75) is 33.1 Å². The molecule has 20 heavy (non-hydrogen) atoms. The van der Waals surface area contributed by atoms with Gasteiger partial charge in [-0.25, -0.2) is 8.42 Å². The lowest BCUT2D eigenvalue weighted by Crippen LogP contribution is -2.42. The number of hydrogen-bond donors (Lipinski definition) is 1. The lowest BCUT2D eigenvalue weighted by Gasteiger charge is -2.27. The van der Waals surface area contributed by atoms with Crippen LogP contribution >= 0.6 is 24.0 Å². The van der Waals surface area contributed by atoms with E-state index >= 15 is 0 Å². The van der Waals surface area contributed by atoms with Gasteiger partial charge in [-0.05, 0) is 24.7 Å². The van der Waals surface area contributed by atoms with Gasteiger partial charge in [-0.1, -0.05) is 13.8 Å². The van der Waals surface area contributed by atoms with Gasteiger partial charge in [-0.15, -0.1) is 24.0 Å². The van der Waals surface area contributed by atoms with Crippen LogP contribution in [0.3, 0.4) is 0 Å². The number of guanidine groups is 1. The first-order valence-electron chi connectivity index (χ1n) is 6.99. The van der Waals surface area contributed by atoms with Crippen LogP contribution in [0.5, 0.6) is 0 Å². The summed E-state index contributed by atoms with van der Waals surface area (Å²) >= 11 is 0. The molecular weight excluding hydrogens is 389 g/mol. The molecule has 0 bridgehead atoms. The number of halogens is 1. The van der Waals surface area contributed by atoms with E-state index in [1.54, 1.807) is 7.05 Å². The fraction of sp³-hybridized carbons (Fsp3) is 0.923. The number of hydrogen-bond acceptors (Lipinski definition) is 3. The molecule has 1 N–H and O–H groups in total. The molecule has 0 aromatic carbocycles. The second-order valence-corrected chi connectivity index (χ2v) is 7.74. The molecule has 0 aliphatic carbocycles. The van der Waals surface area contributed by atoms with E-state index in [9.17, 15) is 8.42 Å². The highest BCUT2D eigenvalue weighted by molar-refractivity contribution is 14.0. The molecule has 7 heteroatoms. The first-order chi connectivity index (χ1) is 8.86. The van der Waals surface area contributed by atoms with Gasteiger partial charge in [0.15, 0.2) is 5.96 Å². The molecule has 1 rings (SSSR count). The highest BCUT2D eigenvalue weighted by atomic mass is 127. The number of rotatable bonds is 5. The van der Waals surface area contributed by atoms with Crippen LogP contribution in [-0.4, -0.2) is 58.0 Å². The fourth-order valence-electron chi connectivity index (χ4n) is 2.62. The van der Waals surface area contributed by atoms with E-state index in [1.165, 1.54) is 25.5 Å². The highest BCUT2D eigenvalue weighted by Crippen LogP contribution is 2.36. The molecule has 1 aliphatic rings. The summed E-state index contributed by atoms with van der Waals surface area (Å²) in [7, 11) is -1.17. The number of likely N-dealkylation sites (tertiary alicyclic amines) is 1. The maximum Gasteiger partial charge on any atom is 0.193 e. The molecule has 1 fully saturated rings. The summed E-state index contributed by atoms with van der Waals surface area (Å²) in [5, 5.41) is 3.15. The Kier molecular flexibility index (Phi) is 8.39. The molecule has 1 aliphatic heterocycles. The van der Waals surface area contributed by atoms with E-state index in [1.807, 2.05) is 0 Å². The largest absolute Gasteiger partial charge is 0.355 e. The maximum atomic E-state index is 11.1. The van der Waals surface area contributed by atoms with Gasteiger partial charge in [0.25, 0.3) is 0 Å². The Bertz CT molecular complexity index is 419. The summed E-state index contributed by atoms with van der Waals surface area (Å²) in [5.74, 6) is 0.972. The molecule has 1 saturated heterocycles. The van der Waals surface area contributed by atoms with E-state index < -0.39 is 9.84 Å². The Hall–Kier alpha value is -0.0500. The molecule has 0 atom stereocenters. The van der Waals surface area contributed by atoms with Crippen molar-refractivity contribution < 1.29 is 8.42 Å². The maximum absolute atomic E-state index is 11.1. The predicted molar refractivity (Wildman–Crippen MR) is 95.7 cm³/mol. The van der Waals surface area contributed by atoms with Gasteiger partial charge in [-0.3, -0.25) is 4.99 Å². The summed E-state index contributed by atoms with van der Waals surface area (Å²) in [4.78, 5) is 6.51. The molecular formula is C13H28IN3O2S. The normalized spacial score (nSPS) is 18.8. The summed E-state index contributed by atoms with van der Waals surface area (Å²) in [5.41, 5.74) is 0.397. The standard InChI is InChI=1S/C13H27N3O2S.HI/c1-5-13(6-2)7-9-16(11-13)12(14-3)15-8-10-19(4,17)18;/h5-11H2,1-4H3,(H,14,15);1H. The summed E-state index contributed by atoms with van der Waals surface area (Å²) < 4.78 is 22.2. The number of nitrogens with zero attached hydrogens (tertiary/aromatic N) is 2. The molecule has 120 valence electrons. The second-order valence-electron chi connectivity index (χ2n) is 5.48. The van der Waals surface area contributed by atoms with Gasteiger partial charge in [-0.2, -0.15) is 0 Å². The molecule has 5 nitrogen and oxygen atoms in total. The Morgan fingerprint density at radius 2 is 1.95 bits per heavy atom. The zero-order valence-corrected chi connectivity index (χ0v) is 16.1. The Labute approximate surface area is 140 Å². The van der Waals surface area contributed by atoms with Crippen LogP contribution in [0.4, 0.5) is 0 Å². The summed E-state index contributed by atoms with van der Waals surface area (Å²) in [6, 6.07) is 0.